The number of rotatable bonds is 6. The van der Waals surface area contributed by atoms with Crippen molar-refractivity contribution in [1.29, 1.82) is 0 Å². The van der Waals surface area contributed by atoms with Crippen molar-refractivity contribution < 1.29 is 19.2 Å². The number of nitrogens with zero attached hydrogens (tertiary/aromatic N) is 3. The molecule has 0 saturated carbocycles. The van der Waals surface area contributed by atoms with Crippen molar-refractivity contribution in [2.75, 3.05) is 39.5 Å². The van der Waals surface area contributed by atoms with Crippen LogP contribution in [0, 0.1) is 6.92 Å². The first-order valence-electron chi connectivity index (χ1n) is 10.5. The predicted molar refractivity (Wildman–Crippen MR) is 125 cm³/mol. The van der Waals surface area contributed by atoms with Crippen LogP contribution in [0.3, 0.4) is 0 Å². The molecule has 0 bridgehead atoms. The Labute approximate surface area is 196 Å². The number of hydrogen-bond acceptors (Lipinski definition) is 7. The normalized spacial score (nSPS) is 14.1. The molecule has 10 nitrogen and oxygen atoms in total. The Hall–Kier alpha value is -3.31. The topological polar surface area (TPSA) is 124 Å². The fraction of sp³-hybridized carbons (Fsp3) is 0.409. The smallest absolute Gasteiger partial charge is 0.313 e. The Kier molecular flexibility index (Phi) is 7.77. The average molecular weight is 473 g/mol. The molecule has 1 aliphatic rings. The minimum atomic E-state index is -1.05. The van der Waals surface area contributed by atoms with E-state index in [1.807, 2.05) is 26.1 Å². The van der Waals surface area contributed by atoms with Crippen molar-refractivity contribution in [3.63, 3.8) is 0 Å². The van der Waals surface area contributed by atoms with Gasteiger partial charge in [0, 0.05) is 50.7 Å². The fourth-order valence-corrected chi connectivity index (χ4v) is 4.34. The quantitative estimate of drug-likeness (QED) is 0.523. The molecule has 33 heavy (non-hydrogen) atoms. The van der Waals surface area contributed by atoms with Gasteiger partial charge >= 0.3 is 11.8 Å². The van der Waals surface area contributed by atoms with Crippen LogP contribution in [0.5, 0.6) is 0 Å². The zero-order chi connectivity index (χ0) is 24.1. The Morgan fingerprint density at radius 2 is 1.85 bits per heavy atom. The molecule has 0 aliphatic carbocycles. The van der Waals surface area contributed by atoms with Gasteiger partial charge in [-0.2, -0.15) is 0 Å². The van der Waals surface area contributed by atoms with Crippen molar-refractivity contribution >= 4 is 40.7 Å². The number of amides is 4. The number of nitrogens with one attached hydrogen (secondary N) is 3. The van der Waals surface area contributed by atoms with E-state index in [1.165, 1.54) is 16.2 Å². The number of anilines is 1. The van der Waals surface area contributed by atoms with Gasteiger partial charge in [0.05, 0.1) is 5.69 Å². The Morgan fingerprint density at radius 3 is 2.52 bits per heavy atom. The molecule has 1 atom stereocenters. The van der Waals surface area contributed by atoms with Gasteiger partial charge in [0.25, 0.3) is 5.91 Å². The van der Waals surface area contributed by atoms with Crippen LogP contribution >= 0.6 is 11.3 Å². The number of fused-ring (bicyclic) bond motifs is 1. The van der Waals surface area contributed by atoms with E-state index < -0.39 is 29.7 Å². The Balaban J connectivity index is 1.62. The fourth-order valence-electron chi connectivity index (χ4n) is 3.25. The first-order valence-corrected chi connectivity index (χ1v) is 11.3. The molecular formula is C22H28N6O4S. The lowest BCUT2D eigenvalue weighted by atomic mass is 10.2. The second kappa shape index (κ2) is 10.5. The standard InChI is InChI=1S/C22H28N6O4S/c1-13-5-7-14(8-6-13)24-19(30)18(29)23-11-16(22(32)27(2)3)25-20(31)21-26-15-9-10-28(4)12-17(15)33-21/h5-8,16H,9-12H2,1-4H3,(H,23,29)(H,24,30)(H,25,31). The number of carbonyl (C=O) groups excluding carboxylic acids is 4. The highest BCUT2D eigenvalue weighted by molar-refractivity contribution is 7.13. The number of hydrogen-bond donors (Lipinski definition) is 3. The summed E-state index contributed by atoms with van der Waals surface area (Å²) < 4.78 is 0. The Morgan fingerprint density at radius 1 is 1.15 bits per heavy atom. The van der Waals surface area contributed by atoms with Crippen molar-refractivity contribution in [3.05, 3.63) is 45.4 Å². The molecule has 4 amide bonds. The minimum Gasteiger partial charge on any atom is -0.347 e. The van der Waals surface area contributed by atoms with Gasteiger partial charge in [-0.1, -0.05) is 17.7 Å². The van der Waals surface area contributed by atoms with Crippen LogP contribution < -0.4 is 16.0 Å². The summed E-state index contributed by atoms with van der Waals surface area (Å²) in [6.07, 6.45) is 0.766. The maximum atomic E-state index is 12.8. The lowest BCUT2D eigenvalue weighted by Gasteiger charge is -2.21. The molecule has 2 heterocycles. The molecule has 0 radical (unpaired) electrons. The third-order valence-electron chi connectivity index (χ3n) is 5.14. The molecule has 3 rings (SSSR count). The molecular weight excluding hydrogens is 444 g/mol. The third-order valence-corrected chi connectivity index (χ3v) is 6.22. The molecule has 2 aromatic rings. The van der Waals surface area contributed by atoms with Gasteiger partial charge in [0.15, 0.2) is 5.01 Å². The highest BCUT2D eigenvalue weighted by Gasteiger charge is 2.27. The molecule has 1 aliphatic heterocycles. The van der Waals surface area contributed by atoms with Crippen LogP contribution in [-0.2, 0) is 27.3 Å². The van der Waals surface area contributed by atoms with E-state index in [2.05, 4.69) is 25.8 Å². The zero-order valence-electron chi connectivity index (χ0n) is 19.1. The Bertz CT molecular complexity index is 1050. The van der Waals surface area contributed by atoms with Crippen LogP contribution in [-0.4, -0.2) is 78.7 Å². The van der Waals surface area contributed by atoms with Crippen LogP contribution in [0.25, 0.3) is 0 Å². The van der Waals surface area contributed by atoms with E-state index in [-0.39, 0.29) is 11.6 Å². The van der Waals surface area contributed by atoms with Gasteiger partial charge in [0.2, 0.25) is 5.91 Å². The molecule has 0 spiro atoms. The first kappa shape index (κ1) is 24.3. The van der Waals surface area contributed by atoms with Crippen LogP contribution in [0.15, 0.2) is 24.3 Å². The van der Waals surface area contributed by atoms with Crippen molar-refractivity contribution in [2.45, 2.75) is 25.9 Å². The largest absolute Gasteiger partial charge is 0.347 e. The number of likely N-dealkylation sites (N-methyl/N-ethyl adjacent to an activating group) is 2. The molecule has 1 aromatic heterocycles. The highest BCUT2D eigenvalue weighted by Crippen LogP contribution is 2.24. The third kappa shape index (κ3) is 6.36. The van der Waals surface area contributed by atoms with Gasteiger partial charge < -0.3 is 25.8 Å². The molecule has 3 N–H and O–H groups in total. The average Bonchev–Trinajstić information content (AvgIpc) is 3.20. The maximum absolute atomic E-state index is 12.8. The number of aromatic nitrogens is 1. The summed E-state index contributed by atoms with van der Waals surface area (Å²) in [5, 5.41) is 7.84. The molecule has 176 valence electrons. The molecule has 0 saturated heterocycles. The number of carbonyl (C=O) groups is 4. The van der Waals surface area contributed by atoms with Gasteiger partial charge in [-0.25, -0.2) is 4.98 Å². The summed E-state index contributed by atoms with van der Waals surface area (Å²) in [6.45, 7) is 3.27. The van der Waals surface area contributed by atoms with Gasteiger partial charge in [0.1, 0.15) is 6.04 Å². The second-order valence-electron chi connectivity index (χ2n) is 8.17. The number of benzene rings is 1. The van der Waals surface area contributed by atoms with Gasteiger partial charge in [-0.05, 0) is 26.1 Å². The number of thiazole rings is 1. The SMILES string of the molecule is Cc1ccc(NC(=O)C(=O)NCC(NC(=O)c2nc3c(s2)CN(C)CC3)C(=O)N(C)C)cc1. The van der Waals surface area contributed by atoms with Gasteiger partial charge in [-0.15, -0.1) is 11.3 Å². The predicted octanol–water partition coefficient (Wildman–Crippen LogP) is 0.381. The van der Waals surface area contributed by atoms with E-state index in [0.717, 1.165) is 35.6 Å². The van der Waals surface area contributed by atoms with E-state index in [1.54, 1.807) is 26.2 Å². The first-order chi connectivity index (χ1) is 15.6. The van der Waals surface area contributed by atoms with Crippen LogP contribution in [0.4, 0.5) is 5.69 Å². The van der Waals surface area contributed by atoms with Crippen LogP contribution in [0.2, 0.25) is 0 Å². The second-order valence-corrected chi connectivity index (χ2v) is 9.25. The lowest BCUT2D eigenvalue weighted by molar-refractivity contribution is -0.136. The summed E-state index contributed by atoms with van der Waals surface area (Å²) in [4.78, 5) is 58.7. The minimum absolute atomic E-state index is 0.239. The summed E-state index contributed by atoms with van der Waals surface area (Å²) in [7, 11) is 5.10. The highest BCUT2D eigenvalue weighted by atomic mass is 32.1. The summed E-state index contributed by atoms with van der Waals surface area (Å²) >= 11 is 1.30. The summed E-state index contributed by atoms with van der Waals surface area (Å²) in [5.74, 6) is -2.67. The summed E-state index contributed by atoms with van der Waals surface area (Å²) in [6, 6.07) is 5.94. The van der Waals surface area contributed by atoms with Crippen molar-refractivity contribution in [3.8, 4) is 0 Å². The van der Waals surface area contributed by atoms with Crippen molar-refractivity contribution in [1.82, 2.24) is 25.4 Å². The van der Waals surface area contributed by atoms with Crippen LogP contribution in [0.1, 0.15) is 25.9 Å². The number of aryl methyl sites for hydroxylation is 1. The van der Waals surface area contributed by atoms with E-state index in [0.29, 0.717) is 5.69 Å². The van der Waals surface area contributed by atoms with Crippen molar-refractivity contribution in [2.24, 2.45) is 0 Å². The molecule has 1 aromatic carbocycles. The van der Waals surface area contributed by atoms with E-state index >= 15 is 0 Å². The molecule has 11 heteroatoms. The van der Waals surface area contributed by atoms with E-state index in [4.69, 9.17) is 0 Å². The zero-order valence-corrected chi connectivity index (χ0v) is 19.9. The lowest BCUT2D eigenvalue weighted by Crippen LogP contribution is -2.53. The molecule has 1 unspecified atom stereocenters. The van der Waals surface area contributed by atoms with Gasteiger partial charge in [-0.3, -0.25) is 19.2 Å². The van der Waals surface area contributed by atoms with E-state index in [9.17, 15) is 19.2 Å². The molecule has 0 fully saturated rings. The summed E-state index contributed by atoms with van der Waals surface area (Å²) in [5.41, 5.74) is 2.40. The monoisotopic (exact) mass is 472 g/mol. The maximum Gasteiger partial charge on any atom is 0.313 e.